The minimum Gasteiger partial charge on any atom is -0.320 e. The van der Waals surface area contributed by atoms with Gasteiger partial charge in [-0.25, -0.2) is 4.68 Å². The average Bonchev–Trinajstić information content (AvgIpc) is 2.73. The number of hydrogen-bond acceptors (Lipinski definition) is 4. The summed E-state index contributed by atoms with van der Waals surface area (Å²) < 4.78 is 1.76. The van der Waals surface area contributed by atoms with Gasteiger partial charge in [-0.3, -0.25) is 4.79 Å². The summed E-state index contributed by atoms with van der Waals surface area (Å²) in [4.78, 5) is 11.8. The van der Waals surface area contributed by atoms with E-state index in [-0.39, 0.29) is 11.9 Å². The third-order valence-electron chi connectivity index (χ3n) is 2.38. The van der Waals surface area contributed by atoms with Crippen LogP contribution in [0.4, 0.5) is 5.82 Å². The molecule has 0 spiro atoms. The first-order valence-corrected chi connectivity index (χ1v) is 7.04. The number of thioether (sulfide) groups is 1. The first-order chi connectivity index (χ1) is 8.06. The van der Waals surface area contributed by atoms with Gasteiger partial charge < -0.3 is 11.1 Å². The molecule has 96 valence electrons. The lowest BCUT2D eigenvalue weighted by molar-refractivity contribution is -0.117. The van der Waals surface area contributed by atoms with Crippen LogP contribution in [-0.4, -0.2) is 33.7 Å². The Morgan fingerprint density at radius 2 is 2.35 bits per heavy atom. The van der Waals surface area contributed by atoms with Gasteiger partial charge in [-0.1, -0.05) is 0 Å². The standard InChI is InChI=1S/C11H20N4OS/c1-8(2)15-10(4-6-13-15)14-11(16)9(12)5-7-17-3/h4,6,8-9H,5,7,12H2,1-3H3,(H,14,16)/t9-/m0/s1. The topological polar surface area (TPSA) is 72.9 Å². The number of hydrogen-bond donors (Lipinski definition) is 2. The molecule has 3 N–H and O–H groups in total. The zero-order valence-electron chi connectivity index (χ0n) is 10.5. The van der Waals surface area contributed by atoms with E-state index in [1.165, 1.54) is 0 Å². The number of aromatic nitrogens is 2. The van der Waals surface area contributed by atoms with Crippen molar-refractivity contribution in [2.24, 2.45) is 5.73 Å². The van der Waals surface area contributed by atoms with Gasteiger partial charge in [-0.15, -0.1) is 0 Å². The van der Waals surface area contributed by atoms with Crippen molar-refractivity contribution in [1.82, 2.24) is 9.78 Å². The molecule has 6 heteroatoms. The van der Waals surface area contributed by atoms with Crippen molar-refractivity contribution >= 4 is 23.5 Å². The van der Waals surface area contributed by atoms with Crippen LogP contribution >= 0.6 is 11.8 Å². The van der Waals surface area contributed by atoms with E-state index in [0.29, 0.717) is 12.2 Å². The summed E-state index contributed by atoms with van der Waals surface area (Å²) >= 11 is 1.69. The molecule has 17 heavy (non-hydrogen) atoms. The Morgan fingerprint density at radius 3 is 2.94 bits per heavy atom. The number of carbonyl (C=O) groups is 1. The van der Waals surface area contributed by atoms with Crippen molar-refractivity contribution in [3.63, 3.8) is 0 Å². The summed E-state index contributed by atoms with van der Waals surface area (Å²) in [6, 6.07) is 1.53. The molecular weight excluding hydrogens is 236 g/mol. The van der Waals surface area contributed by atoms with Crippen molar-refractivity contribution in [2.75, 3.05) is 17.3 Å². The normalized spacial score (nSPS) is 12.8. The molecule has 0 unspecified atom stereocenters. The molecule has 5 nitrogen and oxygen atoms in total. The third-order valence-corrected chi connectivity index (χ3v) is 3.02. The van der Waals surface area contributed by atoms with E-state index in [0.717, 1.165) is 5.75 Å². The van der Waals surface area contributed by atoms with Gasteiger partial charge in [-0.2, -0.15) is 16.9 Å². The molecule has 0 aliphatic heterocycles. The van der Waals surface area contributed by atoms with E-state index in [9.17, 15) is 4.79 Å². The minimum atomic E-state index is -0.460. The fraction of sp³-hybridized carbons (Fsp3) is 0.636. The first-order valence-electron chi connectivity index (χ1n) is 5.65. The summed E-state index contributed by atoms with van der Waals surface area (Å²) in [5, 5.41) is 6.96. The van der Waals surface area contributed by atoms with Gasteiger partial charge in [0.15, 0.2) is 0 Å². The molecule has 0 aliphatic rings. The Balaban J connectivity index is 2.58. The predicted molar refractivity (Wildman–Crippen MR) is 72.2 cm³/mol. The highest BCUT2D eigenvalue weighted by Gasteiger charge is 2.15. The van der Waals surface area contributed by atoms with Crippen LogP contribution in [-0.2, 0) is 4.79 Å². The van der Waals surface area contributed by atoms with Crippen molar-refractivity contribution in [3.8, 4) is 0 Å². The van der Waals surface area contributed by atoms with Crippen molar-refractivity contribution in [3.05, 3.63) is 12.3 Å². The van der Waals surface area contributed by atoms with Gasteiger partial charge >= 0.3 is 0 Å². The molecule has 0 fully saturated rings. The van der Waals surface area contributed by atoms with Crippen LogP contribution in [0.25, 0.3) is 0 Å². The van der Waals surface area contributed by atoms with Crippen molar-refractivity contribution in [1.29, 1.82) is 0 Å². The molecule has 1 heterocycles. The molecule has 1 amide bonds. The zero-order valence-corrected chi connectivity index (χ0v) is 11.3. The van der Waals surface area contributed by atoms with E-state index < -0.39 is 6.04 Å². The Labute approximate surface area is 106 Å². The van der Waals surface area contributed by atoms with Gasteiger partial charge in [0.1, 0.15) is 5.82 Å². The lowest BCUT2D eigenvalue weighted by Crippen LogP contribution is -2.36. The summed E-state index contributed by atoms with van der Waals surface area (Å²) in [5.41, 5.74) is 5.79. The maximum absolute atomic E-state index is 11.8. The fourth-order valence-electron chi connectivity index (χ4n) is 1.42. The van der Waals surface area contributed by atoms with Gasteiger partial charge in [0.05, 0.1) is 12.2 Å². The smallest absolute Gasteiger partial charge is 0.242 e. The highest BCUT2D eigenvalue weighted by atomic mass is 32.2. The molecule has 1 atom stereocenters. The van der Waals surface area contributed by atoms with E-state index in [2.05, 4.69) is 10.4 Å². The van der Waals surface area contributed by atoms with Gasteiger partial charge in [0.25, 0.3) is 0 Å². The number of nitrogens with one attached hydrogen (secondary N) is 1. The summed E-state index contributed by atoms with van der Waals surface area (Å²) in [5.74, 6) is 1.43. The van der Waals surface area contributed by atoms with E-state index in [4.69, 9.17) is 5.73 Å². The average molecular weight is 256 g/mol. The maximum atomic E-state index is 11.8. The van der Waals surface area contributed by atoms with Crippen LogP contribution in [0.15, 0.2) is 12.3 Å². The van der Waals surface area contributed by atoms with Crippen LogP contribution in [0.1, 0.15) is 26.3 Å². The largest absolute Gasteiger partial charge is 0.320 e. The number of nitrogens with zero attached hydrogens (tertiary/aromatic N) is 2. The second-order valence-corrected chi connectivity index (χ2v) is 5.12. The monoisotopic (exact) mass is 256 g/mol. The first kappa shape index (κ1) is 14.1. The molecule has 0 saturated heterocycles. The fourth-order valence-corrected chi connectivity index (χ4v) is 1.91. The Bertz CT molecular complexity index is 364. The quantitative estimate of drug-likeness (QED) is 0.808. The molecule has 0 aromatic carbocycles. The Morgan fingerprint density at radius 1 is 1.65 bits per heavy atom. The van der Waals surface area contributed by atoms with Crippen LogP contribution < -0.4 is 11.1 Å². The summed E-state index contributed by atoms with van der Waals surface area (Å²) in [7, 11) is 0. The summed E-state index contributed by atoms with van der Waals surface area (Å²) in [6.45, 7) is 4.02. The van der Waals surface area contributed by atoms with Gasteiger partial charge in [-0.05, 0) is 32.3 Å². The number of carbonyl (C=O) groups excluding carboxylic acids is 1. The Kier molecular flexibility index (Phi) is 5.50. The van der Waals surface area contributed by atoms with Gasteiger partial charge in [0.2, 0.25) is 5.91 Å². The van der Waals surface area contributed by atoms with Gasteiger partial charge in [0, 0.05) is 12.1 Å². The Hall–Kier alpha value is -1.01. The molecule has 0 radical (unpaired) electrons. The maximum Gasteiger partial charge on any atom is 0.242 e. The molecule has 0 aliphatic carbocycles. The van der Waals surface area contributed by atoms with E-state index in [1.807, 2.05) is 20.1 Å². The number of nitrogens with two attached hydrogens (primary N) is 1. The lowest BCUT2D eigenvalue weighted by Gasteiger charge is -2.14. The van der Waals surface area contributed by atoms with Crippen LogP contribution in [0.2, 0.25) is 0 Å². The molecule has 0 saturated carbocycles. The molecule has 0 bridgehead atoms. The molecule has 1 rings (SSSR count). The molecule has 1 aromatic rings. The zero-order chi connectivity index (χ0) is 12.8. The highest BCUT2D eigenvalue weighted by Crippen LogP contribution is 2.13. The SMILES string of the molecule is CSCC[C@H](N)C(=O)Nc1ccnn1C(C)C. The highest BCUT2D eigenvalue weighted by molar-refractivity contribution is 7.98. The third kappa shape index (κ3) is 4.05. The lowest BCUT2D eigenvalue weighted by atomic mass is 10.2. The van der Waals surface area contributed by atoms with Crippen LogP contribution in [0, 0.1) is 0 Å². The number of rotatable bonds is 6. The molecule has 1 aromatic heterocycles. The minimum absolute atomic E-state index is 0.151. The second kappa shape index (κ2) is 6.66. The van der Waals surface area contributed by atoms with Crippen molar-refractivity contribution < 1.29 is 4.79 Å². The summed E-state index contributed by atoms with van der Waals surface area (Å²) in [6.07, 6.45) is 4.35. The molecular formula is C11H20N4OS. The van der Waals surface area contributed by atoms with E-state index in [1.54, 1.807) is 28.7 Å². The van der Waals surface area contributed by atoms with Crippen LogP contribution in [0.5, 0.6) is 0 Å². The second-order valence-electron chi connectivity index (χ2n) is 4.13. The van der Waals surface area contributed by atoms with Crippen molar-refractivity contribution in [2.45, 2.75) is 32.4 Å². The van der Waals surface area contributed by atoms with Crippen LogP contribution in [0.3, 0.4) is 0 Å². The number of amides is 1. The predicted octanol–water partition coefficient (Wildman–Crippen LogP) is 1.48. The van der Waals surface area contributed by atoms with E-state index >= 15 is 0 Å². The number of anilines is 1.